The number of hydrogen-bond acceptors (Lipinski definition) is 8. The van der Waals surface area contributed by atoms with Crippen molar-refractivity contribution in [3.63, 3.8) is 0 Å². The number of nitro groups is 1. The fourth-order valence-corrected chi connectivity index (χ4v) is 3.50. The quantitative estimate of drug-likeness (QED) is 0.312. The number of ether oxygens (including phenoxy) is 1. The van der Waals surface area contributed by atoms with Crippen molar-refractivity contribution in [2.45, 2.75) is 18.9 Å². The van der Waals surface area contributed by atoms with E-state index < -0.39 is 22.8 Å². The number of anilines is 1. The smallest absolute Gasteiger partial charge is 0.328 e. The number of hydrogen-bond donors (Lipinski definition) is 2. The van der Waals surface area contributed by atoms with Gasteiger partial charge in [0.1, 0.15) is 23.2 Å². The molecular weight excluding hydrogens is 418 g/mol. The molecule has 164 valence electrons. The van der Waals surface area contributed by atoms with Gasteiger partial charge in [-0.05, 0) is 23.8 Å². The molecule has 0 bridgehead atoms. The Bertz CT molecular complexity index is 1080. The molecule has 0 radical (unpaired) electrons. The molecule has 32 heavy (non-hydrogen) atoms. The van der Waals surface area contributed by atoms with Crippen LogP contribution < -0.4 is 20.3 Å². The second-order valence-corrected chi connectivity index (χ2v) is 7.30. The maximum Gasteiger partial charge on any atom is 0.328 e. The summed E-state index contributed by atoms with van der Waals surface area (Å²) in [6, 6.07) is 8.90. The first-order chi connectivity index (χ1) is 15.4. The first kappa shape index (κ1) is 21.0. The molecule has 1 aromatic carbocycles. The Morgan fingerprint density at radius 3 is 2.34 bits per heavy atom. The first-order valence-corrected chi connectivity index (χ1v) is 9.89. The van der Waals surface area contributed by atoms with Crippen molar-refractivity contribution in [3.8, 4) is 5.75 Å². The molecule has 2 aliphatic rings. The van der Waals surface area contributed by atoms with Crippen LogP contribution in [-0.2, 0) is 9.59 Å². The van der Waals surface area contributed by atoms with E-state index in [9.17, 15) is 24.5 Å². The number of urea groups is 1. The van der Waals surface area contributed by atoms with Crippen molar-refractivity contribution >= 4 is 35.4 Å². The van der Waals surface area contributed by atoms with E-state index in [4.69, 9.17) is 4.74 Å². The van der Waals surface area contributed by atoms with Crippen LogP contribution in [0.3, 0.4) is 0 Å². The average Bonchev–Trinajstić information content (AvgIpc) is 2.78. The lowest BCUT2D eigenvalue weighted by Crippen LogP contribution is -2.51. The lowest BCUT2D eigenvalue weighted by atomic mass is 10.1. The number of barbiturate groups is 1. The minimum absolute atomic E-state index is 0.0122. The summed E-state index contributed by atoms with van der Waals surface area (Å²) >= 11 is 0. The second kappa shape index (κ2) is 8.84. The molecule has 4 rings (SSSR count). The van der Waals surface area contributed by atoms with Crippen molar-refractivity contribution in [1.29, 1.82) is 0 Å². The van der Waals surface area contributed by atoms with Gasteiger partial charge in [-0.25, -0.2) is 9.78 Å². The van der Waals surface area contributed by atoms with E-state index in [-0.39, 0.29) is 17.4 Å². The van der Waals surface area contributed by atoms with Crippen molar-refractivity contribution < 1.29 is 24.0 Å². The average molecular weight is 437 g/mol. The van der Waals surface area contributed by atoms with Crippen molar-refractivity contribution in [2.24, 2.45) is 0 Å². The first-order valence-electron chi connectivity index (χ1n) is 9.89. The molecule has 2 aromatic rings. The highest BCUT2D eigenvalue weighted by molar-refractivity contribution is 6.31. The van der Waals surface area contributed by atoms with E-state index in [0.29, 0.717) is 30.2 Å². The minimum atomic E-state index is -0.840. The van der Waals surface area contributed by atoms with E-state index >= 15 is 0 Å². The molecule has 2 N–H and O–H groups in total. The maximum absolute atomic E-state index is 11.8. The van der Waals surface area contributed by atoms with Crippen LogP contribution in [-0.4, -0.2) is 46.9 Å². The van der Waals surface area contributed by atoms with E-state index in [1.165, 1.54) is 24.4 Å². The Labute approximate surface area is 182 Å². The number of carbonyl (C=O) groups excluding carboxylic acids is 3. The maximum atomic E-state index is 11.8. The van der Waals surface area contributed by atoms with Gasteiger partial charge in [-0.15, -0.1) is 0 Å². The number of pyridine rings is 1. The molecule has 3 heterocycles. The number of aromatic nitrogens is 1. The van der Waals surface area contributed by atoms with Crippen LogP contribution in [0, 0.1) is 10.1 Å². The van der Waals surface area contributed by atoms with Gasteiger partial charge in [-0.2, -0.15) is 0 Å². The van der Waals surface area contributed by atoms with Gasteiger partial charge in [0.15, 0.2) is 0 Å². The van der Waals surface area contributed by atoms with Crippen LogP contribution in [0.2, 0.25) is 0 Å². The molecule has 0 atom stereocenters. The predicted molar refractivity (Wildman–Crippen MR) is 113 cm³/mol. The van der Waals surface area contributed by atoms with E-state index in [0.717, 1.165) is 12.8 Å². The van der Waals surface area contributed by atoms with Gasteiger partial charge in [-0.3, -0.25) is 30.3 Å². The largest absolute Gasteiger partial charge is 0.490 e. The fraction of sp³-hybridized carbons (Fsp3) is 0.238. The summed E-state index contributed by atoms with van der Waals surface area (Å²) in [4.78, 5) is 51.5. The van der Waals surface area contributed by atoms with Crippen molar-refractivity contribution in [1.82, 2.24) is 15.6 Å². The zero-order valence-electron chi connectivity index (χ0n) is 16.8. The molecule has 11 heteroatoms. The van der Waals surface area contributed by atoms with Gasteiger partial charge in [-0.1, -0.05) is 12.1 Å². The van der Waals surface area contributed by atoms with Gasteiger partial charge >= 0.3 is 6.03 Å². The number of piperidine rings is 1. The standard InChI is InChI=1S/C21H19N5O6/c27-19-17(20(28)24-21(29)23-19)11-13-1-3-15(4-2-13)32-16-6-9-25(10-7-16)18-12-14(26(30)31)5-8-22-18/h1-5,8,11-12,16H,6-7,9-10H2,(H2,23,24,27,28,29). The Morgan fingerprint density at radius 1 is 1.06 bits per heavy atom. The molecule has 2 aliphatic heterocycles. The number of nitrogens with zero attached hydrogens (tertiary/aromatic N) is 3. The fourth-order valence-electron chi connectivity index (χ4n) is 3.50. The molecule has 11 nitrogen and oxygen atoms in total. The Morgan fingerprint density at radius 2 is 1.72 bits per heavy atom. The lowest BCUT2D eigenvalue weighted by molar-refractivity contribution is -0.384. The third kappa shape index (κ3) is 4.72. The lowest BCUT2D eigenvalue weighted by Gasteiger charge is -2.32. The van der Waals surface area contributed by atoms with E-state index in [1.807, 2.05) is 15.5 Å². The Kier molecular flexibility index (Phi) is 5.79. The molecule has 2 fully saturated rings. The SMILES string of the molecule is O=C1NC(=O)C(=Cc2ccc(OC3CCN(c4cc([N+](=O)[O-])ccn4)CC3)cc2)C(=O)N1. The highest BCUT2D eigenvalue weighted by Crippen LogP contribution is 2.25. The third-order valence-electron chi connectivity index (χ3n) is 5.14. The summed E-state index contributed by atoms with van der Waals surface area (Å²) < 4.78 is 6.02. The zero-order valence-corrected chi connectivity index (χ0v) is 16.8. The molecule has 0 aliphatic carbocycles. The Hall–Kier alpha value is -4.28. The summed E-state index contributed by atoms with van der Waals surface area (Å²) in [7, 11) is 0. The minimum Gasteiger partial charge on any atom is -0.490 e. The predicted octanol–water partition coefficient (Wildman–Crippen LogP) is 1.79. The van der Waals surface area contributed by atoms with Gasteiger partial charge in [0.25, 0.3) is 17.5 Å². The molecule has 0 unspecified atom stereocenters. The summed E-state index contributed by atoms with van der Waals surface area (Å²) in [5, 5.41) is 15.0. The molecule has 4 amide bonds. The van der Waals surface area contributed by atoms with Gasteiger partial charge in [0.2, 0.25) is 0 Å². The summed E-state index contributed by atoms with van der Waals surface area (Å²) in [6.07, 6.45) is 4.27. The highest BCUT2D eigenvalue weighted by Gasteiger charge is 2.27. The van der Waals surface area contributed by atoms with Crippen LogP contribution in [0.25, 0.3) is 6.08 Å². The van der Waals surface area contributed by atoms with E-state index in [1.54, 1.807) is 24.3 Å². The van der Waals surface area contributed by atoms with E-state index in [2.05, 4.69) is 4.98 Å². The molecule has 0 saturated carbocycles. The normalized spacial score (nSPS) is 16.9. The molecule has 2 saturated heterocycles. The van der Waals surface area contributed by atoms with Crippen LogP contribution in [0.1, 0.15) is 18.4 Å². The monoisotopic (exact) mass is 437 g/mol. The van der Waals surface area contributed by atoms with Crippen molar-refractivity contribution in [3.05, 3.63) is 63.8 Å². The molecule has 1 aromatic heterocycles. The topological polar surface area (TPSA) is 144 Å². The number of benzene rings is 1. The van der Waals surface area contributed by atoms with Crippen LogP contribution >= 0.6 is 0 Å². The van der Waals surface area contributed by atoms with Crippen LogP contribution in [0.5, 0.6) is 5.75 Å². The summed E-state index contributed by atoms with van der Waals surface area (Å²) in [5.74, 6) is -0.271. The highest BCUT2D eigenvalue weighted by atomic mass is 16.6. The second-order valence-electron chi connectivity index (χ2n) is 7.30. The van der Waals surface area contributed by atoms with Gasteiger partial charge in [0.05, 0.1) is 11.0 Å². The van der Waals surface area contributed by atoms with Crippen molar-refractivity contribution in [2.75, 3.05) is 18.0 Å². The summed E-state index contributed by atoms with van der Waals surface area (Å²) in [6.45, 7) is 1.32. The zero-order chi connectivity index (χ0) is 22.7. The number of carbonyl (C=O) groups is 3. The van der Waals surface area contributed by atoms with Gasteiger partial charge in [0, 0.05) is 38.2 Å². The van der Waals surface area contributed by atoms with Gasteiger partial charge < -0.3 is 9.64 Å². The number of rotatable bonds is 5. The number of imide groups is 2. The number of nitrogens with one attached hydrogen (secondary N) is 2. The third-order valence-corrected chi connectivity index (χ3v) is 5.14. The van der Waals surface area contributed by atoms with Crippen LogP contribution in [0.4, 0.5) is 16.3 Å². The molecular formula is C21H19N5O6. The van der Waals surface area contributed by atoms with Crippen LogP contribution in [0.15, 0.2) is 48.2 Å². The molecule has 0 spiro atoms. The number of amides is 4. The Balaban J connectivity index is 1.34. The summed E-state index contributed by atoms with van der Waals surface area (Å²) in [5.41, 5.74) is 0.470.